The number of amides is 1. The van der Waals surface area contributed by atoms with E-state index in [1.807, 2.05) is 0 Å². The van der Waals surface area contributed by atoms with E-state index in [1.165, 1.54) is 17.0 Å². The molecule has 0 unspecified atom stereocenters. The minimum Gasteiger partial charge on any atom is -0.363 e. The van der Waals surface area contributed by atoms with Crippen LogP contribution < -0.4 is 4.90 Å². The van der Waals surface area contributed by atoms with Crippen LogP contribution in [0.4, 0.5) is 5.00 Å². The molecule has 0 spiro atoms. The van der Waals surface area contributed by atoms with Crippen molar-refractivity contribution in [1.82, 2.24) is 4.90 Å². The predicted octanol–water partition coefficient (Wildman–Crippen LogP) is 2.22. The Morgan fingerprint density at radius 3 is 2.94 bits per heavy atom. The molecule has 0 aromatic carbocycles. The number of aryl methyl sites for hydroxylation is 1. The van der Waals surface area contributed by atoms with Gasteiger partial charge in [0.05, 0.1) is 9.88 Å². The van der Waals surface area contributed by atoms with Crippen LogP contribution in [0.2, 0.25) is 0 Å². The first-order chi connectivity index (χ1) is 7.63. The van der Waals surface area contributed by atoms with Gasteiger partial charge in [0.2, 0.25) is 0 Å². The lowest BCUT2D eigenvalue weighted by Crippen LogP contribution is -2.27. The first kappa shape index (κ1) is 11.5. The van der Waals surface area contributed by atoms with Gasteiger partial charge in [0.1, 0.15) is 0 Å². The Kier molecular flexibility index (Phi) is 3.19. The Bertz CT molecular complexity index is 398. The summed E-state index contributed by atoms with van der Waals surface area (Å²) in [5, 5.41) is 1.30. The van der Waals surface area contributed by atoms with Gasteiger partial charge in [-0.1, -0.05) is 0 Å². The fourth-order valence-corrected chi connectivity index (χ4v) is 3.38. The molecule has 2 rings (SSSR count). The van der Waals surface area contributed by atoms with Gasteiger partial charge in [0.15, 0.2) is 0 Å². The van der Waals surface area contributed by atoms with Crippen molar-refractivity contribution < 1.29 is 4.79 Å². The van der Waals surface area contributed by atoms with Gasteiger partial charge in [-0.2, -0.15) is 0 Å². The highest BCUT2D eigenvalue weighted by Gasteiger charge is 2.22. The van der Waals surface area contributed by atoms with Crippen molar-refractivity contribution in [3.05, 3.63) is 16.5 Å². The number of carbonyl (C=O) groups excluding carboxylic acids is 1. The van der Waals surface area contributed by atoms with Crippen LogP contribution in [0.15, 0.2) is 6.07 Å². The standard InChI is InChI=1S/C12H18N2OS/c1-4-14-7-5-6-9-8-10(16-12(9)14)11(15)13(2)3/h8H,4-7H2,1-3H3. The van der Waals surface area contributed by atoms with Crippen LogP contribution in [0.5, 0.6) is 0 Å². The maximum Gasteiger partial charge on any atom is 0.263 e. The number of rotatable bonds is 2. The number of nitrogens with zero attached hydrogens (tertiary/aromatic N) is 2. The molecule has 0 saturated heterocycles. The molecule has 1 aliphatic heterocycles. The molecule has 1 aromatic heterocycles. The van der Waals surface area contributed by atoms with Crippen LogP contribution in [0.3, 0.4) is 0 Å². The lowest BCUT2D eigenvalue weighted by Gasteiger charge is -2.26. The predicted molar refractivity (Wildman–Crippen MR) is 68.5 cm³/mol. The lowest BCUT2D eigenvalue weighted by atomic mass is 10.1. The van der Waals surface area contributed by atoms with E-state index in [2.05, 4.69) is 17.9 Å². The Hall–Kier alpha value is -1.03. The zero-order chi connectivity index (χ0) is 11.7. The van der Waals surface area contributed by atoms with Crippen LogP contribution in [0.1, 0.15) is 28.6 Å². The van der Waals surface area contributed by atoms with Crippen molar-refractivity contribution in [3.8, 4) is 0 Å². The van der Waals surface area contributed by atoms with Gasteiger partial charge in [0.25, 0.3) is 5.91 Å². The van der Waals surface area contributed by atoms with Gasteiger partial charge in [-0.05, 0) is 31.4 Å². The Morgan fingerprint density at radius 1 is 1.56 bits per heavy atom. The Labute approximate surface area is 101 Å². The quantitative estimate of drug-likeness (QED) is 0.789. The second-order valence-electron chi connectivity index (χ2n) is 4.32. The fourth-order valence-electron chi connectivity index (χ4n) is 2.06. The van der Waals surface area contributed by atoms with Gasteiger partial charge in [-0.15, -0.1) is 11.3 Å². The largest absolute Gasteiger partial charge is 0.363 e. The molecule has 0 N–H and O–H groups in total. The molecule has 1 aromatic rings. The molecule has 4 heteroatoms. The van der Waals surface area contributed by atoms with Crippen molar-refractivity contribution in [2.45, 2.75) is 19.8 Å². The van der Waals surface area contributed by atoms with Gasteiger partial charge in [0, 0.05) is 27.2 Å². The highest BCUT2D eigenvalue weighted by Crippen LogP contribution is 2.35. The van der Waals surface area contributed by atoms with Crippen molar-refractivity contribution in [2.24, 2.45) is 0 Å². The molecule has 0 aliphatic carbocycles. The molecule has 0 fully saturated rings. The number of fused-ring (bicyclic) bond motifs is 1. The highest BCUT2D eigenvalue weighted by molar-refractivity contribution is 7.18. The molecular formula is C12H18N2OS. The number of carbonyl (C=O) groups is 1. The molecule has 3 nitrogen and oxygen atoms in total. The topological polar surface area (TPSA) is 23.6 Å². The third-order valence-electron chi connectivity index (χ3n) is 2.95. The summed E-state index contributed by atoms with van der Waals surface area (Å²) < 4.78 is 0. The summed E-state index contributed by atoms with van der Waals surface area (Å²) in [5.41, 5.74) is 1.35. The van der Waals surface area contributed by atoms with Crippen LogP contribution >= 0.6 is 11.3 Å². The normalized spacial score (nSPS) is 14.8. The van der Waals surface area contributed by atoms with Crippen LogP contribution in [0, 0.1) is 0 Å². The van der Waals surface area contributed by atoms with Crippen molar-refractivity contribution in [3.63, 3.8) is 0 Å². The summed E-state index contributed by atoms with van der Waals surface area (Å²) in [7, 11) is 3.61. The number of hydrogen-bond acceptors (Lipinski definition) is 3. The molecule has 0 saturated carbocycles. The smallest absolute Gasteiger partial charge is 0.263 e. The first-order valence-corrected chi connectivity index (χ1v) is 6.54. The zero-order valence-electron chi connectivity index (χ0n) is 10.1. The average Bonchev–Trinajstić information content (AvgIpc) is 2.70. The fraction of sp³-hybridized carbons (Fsp3) is 0.583. The molecular weight excluding hydrogens is 220 g/mol. The van der Waals surface area contributed by atoms with Crippen molar-refractivity contribution in [2.75, 3.05) is 32.1 Å². The van der Waals surface area contributed by atoms with E-state index < -0.39 is 0 Å². The Balaban J connectivity index is 2.32. The van der Waals surface area contributed by atoms with Crippen molar-refractivity contribution >= 4 is 22.2 Å². The molecule has 1 amide bonds. The molecule has 16 heavy (non-hydrogen) atoms. The minimum absolute atomic E-state index is 0.121. The SMILES string of the molecule is CCN1CCCc2cc(C(=O)N(C)C)sc21. The van der Waals surface area contributed by atoms with Crippen LogP contribution in [0.25, 0.3) is 0 Å². The molecule has 1 aliphatic rings. The van der Waals surface area contributed by atoms with E-state index in [9.17, 15) is 4.79 Å². The Morgan fingerprint density at radius 2 is 2.31 bits per heavy atom. The van der Waals surface area contributed by atoms with Gasteiger partial charge < -0.3 is 9.80 Å². The summed E-state index contributed by atoms with van der Waals surface area (Å²) in [6.07, 6.45) is 2.32. The van der Waals surface area contributed by atoms with Gasteiger partial charge in [-0.3, -0.25) is 4.79 Å². The van der Waals surface area contributed by atoms with Gasteiger partial charge in [-0.25, -0.2) is 0 Å². The first-order valence-electron chi connectivity index (χ1n) is 5.72. The average molecular weight is 238 g/mol. The molecule has 2 heterocycles. The third kappa shape index (κ3) is 1.94. The summed E-state index contributed by atoms with van der Waals surface area (Å²) >= 11 is 1.64. The summed E-state index contributed by atoms with van der Waals surface area (Å²) in [5.74, 6) is 0.121. The van der Waals surface area contributed by atoms with E-state index in [-0.39, 0.29) is 5.91 Å². The second kappa shape index (κ2) is 4.45. The van der Waals surface area contributed by atoms with E-state index in [1.54, 1.807) is 30.3 Å². The van der Waals surface area contributed by atoms with E-state index >= 15 is 0 Å². The molecule has 88 valence electrons. The highest BCUT2D eigenvalue weighted by atomic mass is 32.1. The van der Waals surface area contributed by atoms with Crippen LogP contribution in [-0.2, 0) is 6.42 Å². The molecule has 0 bridgehead atoms. The second-order valence-corrected chi connectivity index (χ2v) is 5.35. The monoisotopic (exact) mass is 238 g/mol. The summed E-state index contributed by atoms with van der Waals surface area (Å²) in [6, 6.07) is 2.07. The maximum absolute atomic E-state index is 11.9. The van der Waals surface area contributed by atoms with E-state index in [0.29, 0.717) is 0 Å². The minimum atomic E-state index is 0.121. The third-order valence-corrected chi connectivity index (χ3v) is 4.17. The number of thiophene rings is 1. The molecule has 0 radical (unpaired) electrons. The lowest BCUT2D eigenvalue weighted by molar-refractivity contribution is 0.0832. The maximum atomic E-state index is 11.9. The van der Waals surface area contributed by atoms with Crippen LogP contribution in [-0.4, -0.2) is 38.0 Å². The van der Waals surface area contributed by atoms with E-state index in [4.69, 9.17) is 0 Å². The van der Waals surface area contributed by atoms with Gasteiger partial charge >= 0.3 is 0 Å². The number of hydrogen-bond donors (Lipinski definition) is 0. The molecule has 0 atom stereocenters. The number of anilines is 1. The summed E-state index contributed by atoms with van der Waals surface area (Å²) in [6.45, 7) is 4.32. The summed E-state index contributed by atoms with van der Waals surface area (Å²) in [4.78, 5) is 16.8. The van der Waals surface area contributed by atoms with Crippen molar-refractivity contribution in [1.29, 1.82) is 0 Å². The zero-order valence-corrected chi connectivity index (χ0v) is 10.9. The van der Waals surface area contributed by atoms with E-state index in [0.717, 1.165) is 24.4 Å².